The van der Waals surface area contributed by atoms with E-state index >= 15 is 0 Å². The van der Waals surface area contributed by atoms with Gasteiger partial charge in [0.05, 0.1) is 18.0 Å². The van der Waals surface area contributed by atoms with Gasteiger partial charge in [-0.1, -0.05) is 43.7 Å². The molecule has 0 bridgehead atoms. The van der Waals surface area contributed by atoms with Gasteiger partial charge in [0.1, 0.15) is 0 Å². The highest BCUT2D eigenvalue weighted by atomic mass is 35.5. The molecule has 5 rings (SSSR count). The van der Waals surface area contributed by atoms with Gasteiger partial charge in [-0.05, 0) is 43.0 Å². The molecule has 158 valence electrons. The van der Waals surface area contributed by atoms with Crippen LogP contribution < -0.4 is 0 Å². The van der Waals surface area contributed by atoms with Crippen molar-refractivity contribution >= 4 is 17.4 Å². The molecule has 0 aliphatic heterocycles. The average molecular weight is 441 g/mol. The van der Waals surface area contributed by atoms with Crippen molar-refractivity contribution in [3.8, 4) is 22.6 Å². The lowest BCUT2D eigenvalue weighted by atomic mass is 9.58. The van der Waals surface area contributed by atoms with Crippen LogP contribution in [0.15, 0.2) is 60.6 Å². The Labute approximate surface area is 192 Å². The molecule has 6 heteroatoms. The second-order valence-corrected chi connectivity index (χ2v) is 9.12. The standard InChI is InChI=1S/C26H21ClN4O/c1-15-20-9-8-19-22(16-4-6-18(27)7-5-16)30-25(17-10-12-29-13-11-17)31-24(19)26(20,2)14-21(28-3)23(15)32/h4-7,10-15,20H,8-9H2,1-2H3/t15-,20-,26-/m1/s1. The molecule has 1 aromatic carbocycles. The van der Waals surface area contributed by atoms with Crippen LogP contribution in [0.2, 0.25) is 5.02 Å². The van der Waals surface area contributed by atoms with Crippen LogP contribution >= 0.6 is 11.6 Å². The first-order chi connectivity index (χ1) is 15.4. The summed E-state index contributed by atoms with van der Waals surface area (Å²) >= 11 is 6.14. The van der Waals surface area contributed by atoms with Gasteiger partial charge in [-0.25, -0.2) is 14.8 Å². The van der Waals surface area contributed by atoms with Crippen molar-refractivity contribution in [3.63, 3.8) is 0 Å². The van der Waals surface area contributed by atoms with E-state index in [1.807, 2.05) is 49.4 Å². The smallest absolute Gasteiger partial charge is 0.226 e. The number of carbonyl (C=O) groups excluding carboxylic acids is 1. The average Bonchev–Trinajstić information content (AvgIpc) is 2.82. The molecule has 2 aliphatic rings. The largest absolute Gasteiger partial charge is 0.308 e. The maximum atomic E-state index is 12.7. The molecule has 0 saturated heterocycles. The van der Waals surface area contributed by atoms with E-state index in [9.17, 15) is 4.79 Å². The topological polar surface area (TPSA) is 60.1 Å². The van der Waals surface area contributed by atoms with Crippen molar-refractivity contribution in [1.82, 2.24) is 15.0 Å². The SMILES string of the molecule is [C-]#[N+]C1=C[C@@]2(C)c3nc(-c4ccncc4)nc(-c4ccc(Cl)cc4)c3CC[C@@H]2[C@@H](C)C1=O. The van der Waals surface area contributed by atoms with Crippen LogP contribution in [0.4, 0.5) is 0 Å². The van der Waals surface area contributed by atoms with E-state index in [1.54, 1.807) is 12.4 Å². The number of hydrogen-bond donors (Lipinski definition) is 0. The summed E-state index contributed by atoms with van der Waals surface area (Å²) in [5.41, 5.74) is 4.39. The summed E-state index contributed by atoms with van der Waals surface area (Å²) in [6, 6.07) is 11.5. The molecule has 0 spiro atoms. The van der Waals surface area contributed by atoms with Gasteiger partial charge < -0.3 is 4.79 Å². The maximum Gasteiger partial charge on any atom is 0.226 e. The van der Waals surface area contributed by atoms with E-state index in [-0.39, 0.29) is 23.3 Å². The third-order valence-corrected chi connectivity index (χ3v) is 7.13. The number of fused-ring (bicyclic) bond motifs is 3. The fraction of sp³-hybridized carbons (Fsp3) is 0.269. The fourth-order valence-electron chi connectivity index (χ4n) is 5.22. The first-order valence-electron chi connectivity index (χ1n) is 10.6. The van der Waals surface area contributed by atoms with Gasteiger partial charge in [0.25, 0.3) is 0 Å². The summed E-state index contributed by atoms with van der Waals surface area (Å²) < 4.78 is 0. The Balaban J connectivity index is 1.81. The molecule has 3 aromatic rings. The van der Waals surface area contributed by atoms with E-state index in [0.717, 1.165) is 40.9 Å². The molecule has 0 N–H and O–H groups in total. The number of halogens is 1. The number of Topliss-reactive ketones (excluding diaryl/α,β-unsaturated/α-hetero) is 1. The molecule has 0 unspecified atom stereocenters. The second-order valence-electron chi connectivity index (χ2n) is 8.69. The van der Waals surface area contributed by atoms with Crippen LogP contribution in [0.1, 0.15) is 31.5 Å². The lowest BCUT2D eigenvalue weighted by molar-refractivity contribution is -0.121. The molecular formula is C26H21ClN4O. The number of aromatic nitrogens is 3. The monoisotopic (exact) mass is 440 g/mol. The Morgan fingerprint density at radius 2 is 1.81 bits per heavy atom. The minimum Gasteiger partial charge on any atom is -0.308 e. The third-order valence-electron chi connectivity index (χ3n) is 6.88. The predicted octanol–water partition coefficient (Wildman–Crippen LogP) is 5.70. The first-order valence-corrected chi connectivity index (χ1v) is 11.0. The number of pyridine rings is 1. The molecule has 32 heavy (non-hydrogen) atoms. The van der Waals surface area contributed by atoms with E-state index in [2.05, 4.69) is 16.8 Å². The zero-order valence-electron chi connectivity index (χ0n) is 17.8. The van der Waals surface area contributed by atoms with Gasteiger partial charge in [-0.3, -0.25) is 4.98 Å². The minimum atomic E-state index is -0.521. The van der Waals surface area contributed by atoms with Crippen LogP contribution in [0, 0.1) is 18.4 Å². The van der Waals surface area contributed by atoms with E-state index in [1.165, 1.54) is 0 Å². The molecule has 3 atom stereocenters. The summed E-state index contributed by atoms with van der Waals surface area (Å²) in [4.78, 5) is 30.4. The second kappa shape index (κ2) is 7.65. The van der Waals surface area contributed by atoms with Gasteiger partial charge in [0, 0.05) is 45.4 Å². The van der Waals surface area contributed by atoms with Crippen molar-refractivity contribution in [2.75, 3.05) is 0 Å². The number of nitrogens with zero attached hydrogens (tertiary/aromatic N) is 4. The molecule has 2 aromatic heterocycles. The normalized spacial score (nSPS) is 24.2. The highest BCUT2D eigenvalue weighted by Gasteiger charge is 2.49. The molecule has 2 heterocycles. The third kappa shape index (κ3) is 3.14. The molecule has 5 nitrogen and oxygen atoms in total. The highest BCUT2D eigenvalue weighted by Crippen LogP contribution is 2.51. The Hall–Kier alpha value is -3.36. The summed E-state index contributed by atoms with van der Waals surface area (Å²) in [6.07, 6.45) is 6.92. The van der Waals surface area contributed by atoms with Crippen molar-refractivity contribution in [1.29, 1.82) is 0 Å². The fourth-order valence-corrected chi connectivity index (χ4v) is 5.35. The maximum absolute atomic E-state index is 12.7. The van der Waals surface area contributed by atoms with Crippen molar-refractivity contribution in [2.45, 2.75) is 32.1 Å². The number of allylic oxidation sites excluding steroid dienone is 2. The highest BCUT2D eigenvalue weighted by molar-refractivity contribution is 6.30. The lowest BCUT2D eigenvalue weighted by Gasteiger charge is -2.46. The Kier molecular flexibility index (Phi) is 4.91. The van der Waals surface area contributed by atoms with E-state index in [4.69, 9.17) is 28.1 Å². The minimum absolute atomic E-state index is 0.0627. The number of benzene rings is 1. The van der Waals surface area contributed by atoms with Crippen molar-refractivity contribution < 1.29 is 4.79 Å². The Bertz CT molecular complexity index is 1290. The predicted molar refractivity (Wildman–Crippen MR) is 124 cm³/mol. The molecule has 0 radical (unpaired) electrons. The van der Waals surface area contributed by atoms with Crippen LogP contribution in [-0.4, -0.2) is 20.7 Å². The molecule has 2 aliphatic carbocycles. The van der Waals surface area contributed by atoms with Crippen molar-refractivity contribution in [2.24, 2.45) is 11.8 Å². The summed E-state index contributed by atoms with van der Waals surface area (Å²) in [7, 11) is 0. The zero-order chi connectivity index (χ0) is 22.5. The number of rotatable bonds is 2. The quantitative estimate of drug-likeness (QED) is 0.479. The van der Waals surface area contributed by atoms with Crippen molar-refractivity contribution in [3.05, 3.63) is 88.3 Å². The van der Waals surface area contributed by atoms with Gasteiger partial charge >= 0.3 is 0 Å². The van der Waals surface area contributed by atoms with Crippen LogP contribution in [0.5, 0.6) is 0 Å². The van der Waals surface area contributed by atoms with Crippen LogP contribution in [0.25, 0.3) is 27.5 Å². The Morgan fingerprint density at radius 1 is 1.09 bits per heavy atom. The van der Waals surface area contributed by atoms with Crippen LogP contribution in [-0.2, 0) is 16.6 Å². The van der Waals surface area contributed by atoms with Gasteiger partial charge in [-0.2, -0.15) is 0 Å². The van der Waals surface area contributed by atoms with Crippen LogP contribution in [0.3, 0.4) is 0 Å². The zero-order valence-corrected chi connectivity index (χ0v) is 18.6. The molecular weight excluding hydrogens is 420 g/mol. The number of carbonyl (C=O) groups is 1. The Morgan fingerprint density at radius 3 is 2.50 bits per heavy atom. The number of ketones is 1. The first kappa shape index (κ1) is 20.5. The van der Waals surface area contributed by atoms with E-state index < -0.39 is 5.41 Å². The van der Waals surface area contributed by atoms with Gasteiger partial charge in [0.15, 0.2) is 11.6 Å². The molecule has 0 amide bonds. The van der Waals surface area contributed by atoms with Gasteiger partial charge in [-0.15, -0.1) is 0 Å². The summed E-state index contributed by atoms with van der Waals surface area (Å²) in [5.74, 6) is 0.416. The lowest BCUT2D eigenvalue weighted by Crippen LogP contribution is -2.46. The van der Waals surface area contributed by atoms with E-state index in [0.29, 0.717) is 10.8 Å². The summed E-state index contributed by atoms with van der Waals surface area (Å²) in [5, 5.41) is 0.669. The number of hydrogen-bond acceptors (Lipinski definition) is 4. The molecule has 0 saturated carbocycles. The van der Waals surface area contributed by atoms with Gasteiger partial charge in [0.2, 0.25) is 5.70 Å². The summed E-state index contributed by atoms with van der Waals surface area (Å²) in [6.45, 7) is 11.6. The molecule has 0 fully saturated rings.